The third-order valence-corrected chi connectivity index (χ3v) is 12.2. The van der Waals surface area contributed by atoms with E-state index in [4.69, 9.17) is 4.74 Å². The fourth-order valence-electron chi connectivity index (χ4n) is 9.38. The number of fused-ring (bicyclic) bond motifs is 8. The van der Waals surface area contributed by atoms with Gasteiger partial charge >= 0.3 is 0 Å². The fraction of sp³-hybridized carbons (Fsp3) is 0.0175. The molecule has 288 valence electrons. The van der Waals surface area contributed by atoms with Crippen LogP contribution in [0.5, 0.6) is 5.75 Å². The highest BCUT2D eigenvalue weighted by molar-refractivity contribution is 6.16. The summed E-state index contributed by atoms with van der Waals surface area (Å²) in [6, 6.07) is 80.7. The summed E-state index contributed by atoms with van der Waals surface area (Å²) >= 11 is 0. The van der Waals surface area contributed by atoms with Gasteiger partial charge < -0.3 is 19.5 Å². The lowest BCUT2D eigenvalue weighted by Gasteiger charge is -2.27. The van der Waals surface area contributed by atoms with E-state index in [0.29, 0.717) is 0 Å². The van der Waals surface area contributed by atoms with Crippen LogP contribution in [0.15, 0.2) is 224 Å². The molecule has 1 N–H and O–H groups in total. The average molecular weight is 782 g/mol. The molecule has 1 atom stereocenters. The van der Waals surface area contributed by atoms with Crippen LogP contribution in [0.1, 0.15) is 11.8 Å². The lowest BCUT2D eigenvalue weighted by atomic mass is 9.94. The van der Waals surface area contributed by atoms with Crippen molar-refractivity contribution in [3.05, 3.63) is 230 Å². The molecule has 0 fully saturated rings. The molecule has 2 heterocycles. The first-order valence-electron chi connectivity index (χ1n) is 20.9. The maximum atomic E-state index is 6.55. The summed E-state index contributed by atoms with van der Waals surface area (Å²) in [5, 5.41) is 10.8. The predicted octanol–water partition coefficient (Wildman–Crippen LogP) is 15.4. The molecule has 0 spiro atoms. The minimum Gasteiger partial charge on any atom is -0.464 e. The van der Waals surface area contributed by atoms with Crippen LogP contribution in [0, 0.1) is 0 Å². The van der Waals surface area contributed by atoms with E-state index in [1.807, 2.05) is 6.07 Å². The van der Waals surface area contributed by atoms with Crippen molar-refractivity contribution in [2.45, 2.75) is 6.23 Å². The molecule has 0 amide bonds. The lowest BCUT2D eigenvalue weighted by molar-refractivity contribution is 0.260. The number of nitrogens with one attached hydrogen (secondary N) is 1. The van der Waals surface area contributed by atoms with Gasteiger partial charge in [-0.2, -0.15) is 0 Å². The van der Waals surface area contributed by atoms with Gasteiger partial charge in [0.25, 0.3) is 0 Å². The minimum atomic E-state index is -0.261. The van der Waals surface area contributed by atoms with E-state index in [1.165, 1.54) is 43.9 Å². The van der Waals surface area contributed by atoms with Crippen molar-refractivity contribution in [3.8, 4) is 33.7 Å². The second-order valence-electron chi connectivity index (χ2n) is 15.7. The van der Waals surface area contributed by atoms with Crippen LogP contribution in [-0.2, 0) is 0 Å². The van der Waals surface area contributed by atoms with Crippen molar-refractivity contribution in [2.75, 3.05) is 10.2 Å². The Labute approximate surface area is 354 Å². The first kappa shape index (κ1) is 34.9. The molecule has 1 unspecified atom stereocenters. The fourth-order valence-corrected chi connectivity index (χ4v) is 9.38. The Hall–Kier alpha value is -8.08. The van der Waals surface area contributed by atoms with Gasteiger partial charge in [-0.25, -0.2) is 0 Å². The normalized spacial score (nSPS) is 13.3. The molecule has 11 aromatic rings. The molecule has 4 nitrogen and oxygen atoms in total. The summed E-state index contributed by atoms with van der Waals surface area (Å²) in [7, 11) is 0. The maximum absolute atomic E-state index is 6.55. The van der Waals surface area contributed by atoms with Crippen molar-refractivity contribution in [3.63, 3.8) is 0 Å². The van der Waals surface area contributed by atoms with E-state index in [-0.39, 0.29) is 6.23 Å². The van der Waals surface area contributed by atoms with Gasteiger partial charge in [-0.3, -0.25) is 0 Å². The van der Waals surface area contributed by atoms with Crippen molar-refractivity contribution in [1.29, 1.82) is 0 Å². The summed E-state index contributed by atoms with van der Waals surface area (Å²) in [5.74, 6) is 0.862. The summed E-state index contributed by atoms with van der Waals surface area (Å²) < 4.78 is 8.92. The molecule has 61 heavy (non-hydrogen) atoms. The highest BCUT2D eigenvalue weighted by Gasteiger charge is 2.27. The maximum Gasteiger partial charge on any atom is 0.196 e. The Morgan fingerprint density at radius 3 is 1.84 bits per heavy atom. The Morgan fingerprint density at radius 2 is 1.02 bits per heavy atom. The van der Waals surface area contributed by atoms with Crippen LogP contribution in [0.25, 0.3) is 71.3 Å². The molecule has 4 heteroatoms. The molecule has 12 rings (SSSR count). The number of anilines is 4. The molecule has 1 aliphatic heterocycles. The summed E-state index contributed by atoms with van der Waals surface area (Å²) in [6.07, 6.45) is -0.261. The molecule has 1 aromatic heterocycles. The Morgan fingerprint density at radius 1 is 0.426 bits per heavy atom. The number of para-hydroxylation sites is 2. The van der Waals surface area contributed by atoms with Gasteiger partial charge in [-0.15, -0.1) is 0 Å². The van der Waals surface area contributed by atoms with Crippen LogP contribution < -0.4 is 15.0 Å². The minimum absolute atomic E-state index is 0.261. The predicted molar refractivity (Wildman–Crippen MR) is 255 cm³/mol. The molecule has 1 aliphatic rings. The van der Waals surface area contributed by atoms with Crippen LogP contribution in [0.2, 0.25) is 0 Å². The summed E-state index contributed by atoms with van der Waals surface area (Å²) in [5.41, 5.74) is 13.6. The molecule has 0 aliphatic carbocycles. The Bertz CT molecular complexity index is 3430. The van der Waals surface area contributed by atoms with E-state index in [2.05, 4.69) is 233 Å². The van der Waals surface area contributed by atoms with E-state index >= 15 is 0 Å². The molecular weight excluding hydrogens is 743 g/mol. The van der Waals surface area contributed by atoms with E-state index in [0.717, 1.165) is 61.5 Å². The topological polar surface area (TPSA) is 29.4 Å². The van der Waals surface area contributed by atoms with Gasteiger partial charge in [0.15, 0.2) is 6.23 Å². The number of hydrogen-bond acceptors (Lipinski definition) is 3. The lowest BCUT2D eigenvalue weighted by Crippen LogP contribution is -2.10. The Balaban J connectivity index is 1.07. The number of hydrogen-bond donors (Lipinski definition) is 1. The average Bonchev–Trinajstić information content (AvgIpc) is 3.92. The van der Waals surface area contributed by atoms with E-state index in [9.17, 15) is 0 Å². The molecule has 0 radical (unpaired) electrons. The zero-order chi connectivity index (χ0) is 40.3. The Kier molecular flexibility index (Phi) is 8.20. The SMILES string of the molecule is c1ccc(-c2ccccc2-c2cccc(N(c3ccc4ccc5ccc6c(c5c4c3)NC(c3ccccc3)O6)c3ccc4c(c3)c3ccccc3n4-c3ccccc3)c2)cc1. The van der Waals surface area contributed by atoms with Crippen molar-refractivity contribution in [1.82, 2.24) is 4.57 Å². The molecule has 10 aromatic carbocycles. The van der Waals surface area contributed by atoms with Gasteiger partial charge in [0, 0.05) is 44.5 Å². The largest absolute Gasteiger partial charge is 0.464 e. The zero-order valence-corrected chi connectivity index (χ0v) is 33.2. The summed E-state index contributed by atoms with van der Waals surface area (Å²) in [4.78, 5) is 2.42. The van der Waals surface area contributed by atoms with E-state index in [1.54, 1.807) is 0 Å². The van der Waals surface area contributed by atoms with Crippen LogP contribution in [0.4, 0.5) is 22.7 Å². The van der Waals surface area contributed by atoms with Crippen LogP contribution in [0.3, 0.4) is 0 Å². The van der Waals surface area contributed by atoms with Gasteiger partial charge in [0.1, 0.15) is 5.75 Å². The third-order valence-electron chi connectivity index (χ3n) is 12.2. The van der Waals surface area contributed by atoms with E-state index < -0.39 is 0 Å². The third kappa shape index (κ3) is 5.91. The standard InChI is InChI=1S/C57H39N3O/c1-4-15-38(16-5-1)47-23-10-11-24-48(47)42-19-14-22-44(35-42)59(46-32-33-53-51(37-46)49-25-12-13-26-52(49)60(53)43-20-8-3-9-21-43)45-31-29-39-27-28-40-30-34-54-56(55(40)50(39)36-45)58-57(61-54)41-17-6-2-7-18-41/h1-37,57-58H. The molecule has 0 saturated heterocycles. The highest BCUT2D eigenvalue weighted by atomic mass is 16.5. The smallest absolute Gasteiger partial charge is 0.196 e. The number of benzene rings is 10. The van der Waals surface area contributed by atoms with Gasteiger partial charge in [-0.1, -0.05) is 158 Å². The second kappa shape index (κ2) is 14.3. The number of nitrogens with zero attached hydrogens (tertiary/aromatic N) is 2. The number of aromatic nitrogens is 1. The van der Waals surface area contributed by atoms with Gasteiger partial charge in [0.05, 0.1) is 16.7 Å². The second-order valence-corrected chi connectivity index (χ2v) is 15.7. The first-order valence-corrected chi connectivity index (χ1v) is 20.9. The first-order chi connectivity index (χ1) is 30.2. The summed E-state index contributed by atoms with van der Waals surface area (Å²) in [6.45, 7) is 0. The molecule has 0 bridgehead atoms. The molecule has 0 saturated carbocycles. The highest BCUT2D eigenvalue weighted by Crippen LogP contribution is 2.47. The van der Waals surface area contributed by atoms with Gasteiger partial charge in [-0.05, 0) is 105 Å². The van der Waals surface area contributed by atoms with Crippen molar-refractivity contribution in [2.24, 2.45) is 0 Å². The van der Waals surface area contributed by atoms with Crippen molar-refractivity contribution >= 4 is 66.1 Å². The number of rotatable bonds is 7. The van der Waals surface area contributed by atoms with Crippen LogP contribution >= 0.6 is 0 Å². The van der Waals surface area contributed by atoms with Crippen LogP contribution in [-0.4, -0.2) is 4.57 Å². The van der Waals surface area contributed by atoms with Crippen molar-refractivity contribution < 1.29 is 4.74 Å². The quantitative estimate of drug-likeness (QED) is 0.163. The van der Waals surface area contributed by atoms with Gasteiger partial charge in [0.2, 0.25) is 0 Å². The number of ether oxygens (including phenoxy) is 1. The molecular formula is C57H39N3O. The zero-order valence-electron chi connectivity index (χ0n) is 33.2. The monoisotopic (exact) mass is 781 g/mol.